The van der Waals surface area contributed by atoms with Gasteiger partial charge in [-0.15, -0.1) is 0 Å². The van der Waals surface area contributed by atoms with Crippen LogP contribution in [0.5, 0.6) is 0 Å². The van der Waals surface area contributed by atoms with Crippen molar-refractivity contribution in [2.75, 3.05) is 20.2 Å². The summed E-state index contributed by atoms with van der Waals surface area (Å²) in [5.74, 6) is -1.16. The van der Waals surface area contributed by atoms with E-state index in [0.29, 0.717) is 19.4 Å². The highest BCUT2D eigenvalue weighted by Gasteiger charge is 2.48. The maximum absolute atomic E-state index is 12.8. The monoisotopic (exact) mass is 294 g/mol. The van der Waals surface area contributed by atoms with Crippen LogP contribution in [0.3, 0.4) is 0 Å². The summed E-state index contributed by atoms with van der Waals surface area (Å²) in [6.45, 7) is 3.17. The van der Waals surface area contributed by atoms with E-state index in [9.17, 15) is 13.2 Å². The summed E-state index contributed by atoms with van der Waals surface area (Å²) in [6.07, 6.45) is -1.59. The average molecular weight is 294 g/mol. The summed E-state index contributed by atoms with van der Waals surface area (Å²) in [5, 5.41) is 0. The Kier molecular flexibility index (Phi) is 4.66. The molecule has 6 heteroatoms. The van der Waals surface area contributed by atoms with E-state index >= 15 is 0 Å². The minimum Gasteiger partial charge on any atom is -0.377 e. The molecule has 0 radical (unpaired) electrons. The van der Waals surface area contributed by atoms with Gasteiger partial charge in [-0.3, -0.25) is 4.90 Å². The fourth-order valence-electron chi connectivity index (χ4n) is 3.76. The van der Waals surface area contributed by atoms with Crippen molar-refractivity contribution in [3.63, 3.8) is 0 Å². The molecule has 0 aromatic carbocycles. The van der Waals surface area contributed by atoms with Crippen molar-refractivity contribution in [2.24, 2.45) is 11.7 Å². The van der Waals surface area contributed by atoms with Gasteiger partial charge in [0.15, 0.2) is 0 Å². The molecule has 1 saturated carbocycles. The van der Waals surface area contributed by atoms with Crippen molar-refractivity contribution in [1.29, 1.82) is 0 Å². The first kappa shape index (κ1) is 16.0. The Labute approximate surface area is 118 Å². The number of hydrogen-bond acceptors (Lipinski definition) is 3. The SMILES string of the molecule is CC1OCCC1N(C)C1(CN)CCC(C(F)(F)F)CC1. The van der Waals surface area contributed by atoms with E-state index in [1.54, 1.807) is 0 Å². The molecule has 2 N–H and O–H groups in total. The molecule has 0 aromatic rings. The normalized spacial score (nSPS) is 39.5. The number of ether oxygens (including phenoxy) is 1. The molecule has 2 unspecified atom stereocenters. The highest BCUT2D eigenvalue weighted by molar-refractivity contribution is 4.99. The van der Waals surface area contributed by atoms with Crippen LogP contribution in [0.25, 0.3) is 0 Å². The predicted octanol–water partition coefficient (Wildman–Crippen LogP) is 2.55. The quantitative estimate of drug-likeness (QED) is 0.869. The third-order valence-corrected chi connectivity index (χ3v) is 5.34. The molecule has 2 rings (SSSR count). The van der Waals surface area contributed by atoms with Crippen molar-refractivity contribution >= 4 is 0 Å². The van der Waals surface area contributed by atoms with Crippen molar-refractivity contribution < 1.29 is 17.9 Å². The van der Waals surface area contributed by atoms with Crippen molar-refractivity contribution in [3.8, 4) is 0 Å². The van der Waals surface area contributed by atoms with Gasteiger partial charge in [-0.2, -0.15) is 13.2 Å². The zero-order chi connectivity index (χ0) is 15.0. The number of hydrogen-bond donors (Lipinski definition) is 1. The zero-order valence-corrected chi connectivity index (χ0v) is 12.2. The molecule has 20 heavy (non-hydrogen) atoms. The topological polar surface area (TPSA) is 38.5 Å². The van der Waals surface area contributed by atoms with Crippen LogP contribution in [0.4, 0.5) is 13.2 Å². The van der Waals surface area contributed by atoms with Gasteiger partial charge in [-0.25, -0.2) is 0 Å². The number of nitrogens with zero attached hydrogens (tertiary/aromatic N) is 1. The molecule has 1 aliphatic heterocycles. The summed E-state index contributed by atoms with van der Waals surface area (Å²) in [5.41, 5.74) is 5.65. The molecular formula is C14H25F3N2O. The van der Waals surface area contributed by atoms with Crippen molar-refractivity contribution in [3.05, 3.63) is 0 Å². The van der Waals surface area contributed by atoms with E-state index < -0.39 is 12.1 Å². The largest absolute Gasteiger partial charge is 0.391 e. The Bertz CT molecular complexity index is 327. The van der Waals surface area contributed by atoms with Crippen LogP contribution in [0.1, 0.15) is 39.0 Å². The molecule has 118 valence electrons. The summed E-state index contributed by atoms with van der Waals surface area (Å²) in [6, 6.07) is 0.265. The molecule has 0 aromatic heterocycles. The second kappa shape index (κ2) is 5.81. The van der Waals surface area contributed by atoms with Crippen LogP contribution in [-0.2, 0) is 4.74 Å². The molecule has 3 nitrogen and oxygen atoms in total. The Balaban J connectivity index is 2.04. The lowest BCUT2D eigenvalue weighted by Gasteiger charge is -2.49. The second-order valence-corrected chi connectivity index (χ2v) is 6.29. The Hall–Kier alpha value is -0.330. The number of alkyl halides is 3. The molecule has 0 bridgehead atoms. The summed E-state index contributed by atoms with van der Waals surface area (Å²) in [7, 11) is 2.00. The van der Waals surface area contributed by atoms with Crippen LogP contribution in [-0.4, -0.2) is 49.0 Å². The fraction of sp³-hybridized carbons (Fsp3) is 1.00. The second-order valence-electron chi connectivity index (χ2n) is 6.29. The number of nitrogens with two attached hydrogens (primary N) is 1. The van der Waals surface area contributed by atoms with E-state index in [1.807, 2.05) is 14.0 Å². The molecule has 1 aliphatic carbocycles. The minimum atomic E-state index is -4.07. The van der Waals surface area contributed by atoms with Crippen LogP contribution in [0, 0.1) is 5.92 Å². The molecule has 2 fully saturated rings. The first-order valence-electron chi connectivity index (χ1n) is 7.41. The zero-order valence-electron chi connectivity index (χ0n) is 12.2. The van der Waals surface area contributed by atoms with Gasteiger partial charge in [0.05, 0.1) is 12.0 Å². The molecule has 1 saturated heterocycles. The smallest absolute Gasteiger partial charge is 0.377 e. The summed E-state index contributed by atoms with van der Waals surface area (Å²) < 4.78 is 44.0. The molecular weight excluding hydrogens is 269 g/mol. The van der Waals surface area contributed by atoms with Crippen LogP contribution >= 0.6 is 0 Å². The minimum absolute atomic E-state index is 0.128. The van der Waals surface area contributed by atoms with E-state index in [-0.39, 0.29) is 30.5 Å². The Morgan fingerprint density at radius 1 is 1.25 bits per heavy atom. The lowest BCUT2D eigenvalue weighted by atomic mass is 9.74. The van der Waals surface area contributed by atoms with Gasteiger partial charge in [0.2, 0.25) is 0 Å². The maximum atomic E-state index is 12.8. The number of halogens is 3. The van der Waals surface area contributed by atoms with E-state index in [2.05, 4.69) is 4.90 Å². The van der Waals surface area contributed by atoms with Crippen LogP contribution in [0.2, 0.25) is 0 Å². The summed E-state index contributed by atoms with van der Waals surface area (Å²) >= 11 is 0. The fourth-order valence-corrected chi connectivity index (χ4v) is 3.76. The first-order chi connectivity index (χ1) is 9.30. The van der Waals surface area contributed by atoms with Gasteiger partial charge in [-0.1, -0.05) is 0 Å². The Morgan fingerprint density at radius 2 is 1.85 bits per heavy atom. The lowest BCUT2D eigenvalue weighted by Crippen LogP contribution is -2.59. The number of likely N-dealkylation sites (N-methyl/N-ethyl adjacent to an activating group) is 1. The maximum Gasteiger partial charge on any atom is 0.391 e. The van der Waals surface area contributed by atoms with Gasteiger partial charge in [0.25, 0.3) is 0 Å². The average Bonchev–Trinajstić information content (AvgIpc) is 2.83. The van der Waals surface area contributed by atoms with Gasteiger partial charge in [-0.05, 0) is 46.1 Å². The van der Waals surface area contributed by atoms with Gasteiger partial charge < -0.3 is 10.5 Å². The Morgan fingerprint density at radius 3 is 2.25 bits per heavy atom. The highest BCUT2D eigenvalue weighted by atomic mass is 19.4. The third kappa shape index (κ3) is 2.97. The predicted molar refractivity (Wildman–Crippen MR) is 71.4 cm³/mol. The van der Waals surface area contributed by atoms with E-state index in [0.717, 1.165) is 13.0 Å². The van der Waals surface area contributed by atoms with Crippen molar-refractivity contribution in [1.82, 2.24) is 4.90 Å². The van der Waals surface area contributed by atoms with Gasteiger partial charge in [0, 0.05) is 24.7 Å². The summed E-state index contributed by atoms with van der Waals surface area (Å²) in [4.78, 5) is 2.21. The molecule has 1 heterocycles. The van der Waals surface area contributed by atoms with Crippen molar-refractivity contribution in [2.45, 2.75) is 62.9 Å². The van der Waals surface area contributed by atoms with E-state index in [4.69, 9.17) is 10.5 Å². The third-order valence-electron chi connectivity index (χ3n) is 5.34. The highest BCUT2D eigenvalue weighted by Crippen LogP contribution is 2.44. The molecule has 2 atom stereocenters. The van der Waals surface area contributed by atoms with Crippen LogP contribution < -0.4 is 5.73 Å². The lowest BCUT2D eigenvalue weighted by molar-refractivity contribution is -0.189. The van der Waals surface area contributed by atoms with E-state index in [1.165, 1.54) is 0 Å². The molecule has 0 spiro atoms. The first-order valence-corrected chi connectivity index (χ1v) is 7.41. The molecule has 0 amide bonds. The van der Waals surface area contributed by atoms with Gasteiger partial charge in [0.1, 0.15) is 0 Å². The van der Waals surface area contributed by atoms with Crippen LogP contribution in [0.15, 0.2) is 0 Å². The number of rotatable bonds is 3. The van der Waals surface area contributed by atoms with Gasteiger partial charge >= 0.3 is 6.18 Å². The standard InChI is InChI=1S/C14H25F3N2O/c1-10-12(5-8-20-10)19(2)13(9-18)6-3-11(4-7-13)14(15,16)17/h10-12H,3-9,18H2,1-2H3. The molecule has 2 aliphatic rings.